The van der Waals surface area contributed by atoms with E-state index in [1.807, 2.05) is 29.0 Å². The molecule has 0 aliphatic heterocycles. The molecule has 0 unspecified atom stereocenters. The average Bonchev–Trinajstić information content (AvgIpc) is 3.20. The second-order valence-corrected chi connectivity index (χ2v) is 6.65. The fourth-order valence-electron chi connectivity index (χ4n) is 2.13. The molecule has 3 rings (SSSR count). The first kappa shape index (κ1) is 15.8. The van der Waals surface area contributed by atoms with E-state index in [2.05, 4.69) is 10.1 Å². The van der Waals surface area contributed by atoms with E-state index < -0.39 is 5.91 Å². The summed E-state index contributed by atoms with van der Waals surface area (Å²) in [5.74, 6) is 1.41. The average molecular weight is 349 g/mol. The lowest BCUT2D eigenvalue weighted by molar-refractivity contribution is 0.0962. The van der Waals surface area contributed by atoms with Crippen LogP contribution in [0.2, 0.25) is 0 Å². The normalized spacial score (nSPS) is 12.0. The van der Waals surface area contributed by atoms with Crippen LogP contribution in [0.5, 0.6) is 5.75 Å². The first-order valence-corrected chi connectivity index (χ1v) is 9.10. The number of aryl methyl sites for hydroxylation is 1. The van der Waals surface area contributed by atoms with E-state index in [4.69, 9.17) is 9.26 Å². The quantitative estimate of drug-likeness (QED) is 0.708. The number of rotatable bonds is 5. The molecule has 0 N–H and O–H groups in total. The van der Waals surface area contributed by atoms with Crippen molar-refractivity contribution in [3.05, 3.63) is 41.0 Å². The Morgan fingerprint density at radius 3 is 3.04 bits per heavy atom. The fraction of sp³-hybridized carbons (Fsp3) is 0.267. The summed E-state index contributed by atoms with van der Waals surface area (Å²) in [7, 11) is 1.64. The van der Waals surface area contributed by atoms with Gasteiger partial charge in [-0.3, -0.25) is 4.79 Å². The van der Waals surface area contributed by atoms with E-state index in [0.29, 0.717) is 4.80 Å². The third-order valence-corrected chi connectivity index (χ3v) is 4.90. The predicted molar refractivity (Wildman–Crippen MR) is 91.1 cm³/mol. The number of thiazole rings is 1. The summed E-state index contributed by atoms with van der Waals surface area (Å²) in [4.78, 5) is 17.0. The van der Waals surface area contributed by atoms with Crippen LogP contribution in [0.4, 0.5) is 0 Å². The van der Waals surface area contributed by atoms with Crippen molar-refractivity contribution in [3.63, 3.8) is 0 Å². The Bertz CT molecular complexity index is 881. The predicted octanol–water partition coefficient (Wildman–Crippen LogP) is 2.80. The summed E-state index contributed by atoms with van der Waals surface area (Å²) in [6, 6.07) is 7.35. The zero-order chi connectivity index (χ0) is 16.2. The van der Waals surface area contributed by atoms with E-state index in [-0.39, 0.29) is 5.76 Å². The van der Waals surface area contributed by atoms with Crippen LogP contribution in [0.15, 0.2) is 40.0 Å². The van der Waals surface area contributed by atoms with Crippen LogP contribution in [-0.2, 0) is 6.54 Å². The zero-order valence-electron chi connectivity index (χ0n) is 12.7. The number of aromatic nitrogens is 2. The van der Waals surface area contributed by atoms with Gasteiger partial charge in [0.15, 0.2) is 4.80 Å². The van der Waals surface area contributed by atoms with Gasteiger partial charge < -0.3 is 13.8 Å². The smallest absolute Gasteiger partial charge is 0.318 e. The largest absolute Gasteiger partial charge is 0.497 e. The topological polar surface area (TPSA) is 69.6 Å². The molecule has 0 atom stereocenters. The van der Waals surface area contributed by atoms with Crippen LogP contribution in [0, 0.1) is 0 Å². The Kier molecular flexibility index (Phi) is 4.82. The van der Waals surface area contributed by atoms with Crippen LogP contribution in [0.25, 0.3) is 10.2 Å². The monoisotopic (exact) mass is 349 g/mol. The van der Waals surface area contributed by atoms with Crippen LogP contribution in [0.3, 0.4) is 0 Å². The number of carbonyl (C=O) groups is 1. The standard InChI is InChI=1S/C15H15N3O3S2/c1-20-10-3-4-13-11(9-10)18(7-8-22-2)15(23-13)17-14(19)12-5-6-16-21-12/h3-6,9H,7-8H2,1-2H3. The molecule has 0 saturated heterocycles. The summed E-state index contributed by atoms with van der Waals surface area (Å²) >= 11 is 3.21. The molecule has 120 valence electrons. The molecule has 0 aliphatic rings. The van der Waals surface area contributed by atoms with Crippen LogP contribution in [-0.4, -0.2) is 34.7 Å². The molecule has 2 heterocycles. The van der Waals surface area contributed by atoms with E-state index in [1.165, 1.54) is 23.6 Å². The van der Waals surface area contributed by atoms with Crippen LogP contribution >= 0.6 is 23.1 Å². The minimum absolute atomic E-state index is 0.136. The van der Waals surface area contributed by atoms with Crippen molar-refractivity contribution in [1.82, 2.24) is 9.72 Å². The molecule has 0 bridgehead atoms. The maximum Gasteiger partial charge on any atom is 0.318 e. The highest BCUT2D eigenvalue weighted by Gasteiger charge is 2.12. The van der Waals surface area contributed by atoms with Crippen molar-refractivity contribution in [1.29, 1.82) is 0 Å². The summed E-state index contributed by atoms with van der Waals surface area (Å²) in [6.07, 6.45) is 3.48. The minimum Gasteiger partial charge on any atom is -0.497 e. The Morgan fingerprint density at radius 1 is 1.48 bits per heavy atom. The first-order chi connectivity index (χ1) is 11.2. The molecular formula is C15H15N3O3S2. The summed E-state index contributed by atoms with van der Waals surface area (Å²) in [5.41, 5.74) is 1.01. The molecule has 0 saturated carbocycles. The van der Waals surface area contributed by atoms with Crippen molar-refractivity contribution < 1.29 is 14.1 Å². The van der Waals surface area contributed by atoms with Crippen LogP contribution < -0.4 is 9.54 Å². The Labute approximate surface area is 140 Å². The highest BCUT2D eigenvalue weighted by molar-refractivity contribution is 7.98. The van der Waals surface area contributed by atoms with Gasteiger partial charge in [0, 0.05) is 24.4 Å². The molecule has 0 aliphatic carbocycles. The van der Waals surface area contributed by atoms with Crippen LogP contribution in [0.1, 0.15) is 10.6 Å². The molecule has 2 aromatic heterocycles. The van der Waals surface area contributed by atoms with E-state index in [1.54, 1.807) is 18.9 Å². The van der Waals surface area contributed by atoms with Crippen molar-refractivity contribution in [2.75, 3.05) is 19.1 Å². The molecule has 0 radical (unpaired) electrons. The number of carbonyl (C=O) groups excluding carboxylic acids is 1. The second kappa shape index (κ2) is 7.01. The lowest BCUT2D eigenvalue weighted by Crippen LogP contribution is -2.18. The molecule has 23 heavy (non-hydrogen) atoms. The Balaban J connectivity index is 2.12. The molecule has 1 aromatic carbocycles. The van der Waals surface area contributed by atoms with E-state index >= 15 is 0 Å². The molecule has 3 aromatic rings. The van der Waals surface area contributed by atoms with Gasteiger partial charge in [-0.2, -0.15) is 16.8 Å². The number of thioether (sulfide) groups is 1. The highest BCUT2D eigenvalue weighted by Crippen LogP contribution is 2.23. The second-order valence-electron chi connectivity index (χ2n) is 4.66. The first-order valence-electron chi connectivity index (χ1n) is 6.89. The van der Waals surface area contributed by atoms with Gasteiger partial charge in [-0.15, -0.1) is 0 Å². The molecular weight excluding hydrogens is 334 g/mol. The van der Waals surface area contributed by atoms with Gasteiger partial charge >= 0.3 is 5.91 Å². The maximum absolute atomic E-state index is 12.2. The molecule has 0 fully saturated rings. The number of nitrogens with zero attached hydrogens (tertiary/aromatic N) is 3. The minimum atomic E-state index is -0.432. The highest BCUT2D eigenvalue weighted by atomic mass is 32.2. The maximum atomic E-state index is 12.2. The van der Waals surface area contributed by atoms with Gasteiger partial charge in [-0.1, -0.05) is 16.5 Å². The van der Waals surface area contributed by atoms with Gasteiger partial charge in [0.05, 0.1) is 23.5 Å². The number of ether oxygens (including phenoxy) is 1. The Morgan fingerprint density at radius 2 is 2.35 bits per heavy atom. The zero-order valence-corrected chi connectivity index (χ0v) is 14.3. The number of amides is 1. The van der Waals surface area contributed by atoms with Gasteiger partial charge in [0.1, 0.15) is 5.75 Å². The third-order valence-electron chi connectivity index (χ3n) is 3.25. The van der Waals surface area contributed by atoms with Crippen molar-refractivity contribution in [2.45, 2.75) is 6.54 Å². The molecule has 6 nitrogen and oxygen atoms in total. The van der Waals surface area contributed by atoms with Gasteiger partial charge in [-0.25, -0.2) is 0 Å². The van der Waals surface area contributed by atoms with E-state index in [9.17, 15) is 4.79 Å². The Hall–Kier alpha value is -2.06. The molecule has 0 spiro atoms. The number of hydrogen-bond donors (Lipinski definition) is 0. The lowest BCUT2D eigenvalue weighted by atomic mass is 10.3. The van der Waals surface area contributed by atoms with Crippen molar-refractivity contribution in [3.8, 4) is 5.75 Å². The fourth-order valence-corrected chi connectivity index (χ4v) is 3.53. The molecule has 8 heteroatoms. The number of hydrogen-bond acceptors (Lipinski definition) is 6. The van der Waals surface area contributed by atoms with Crippen molar-refractivity contribution in [2.24, 2.45) is 4.99 Å². The van der Waals surface area contributed by atoms with Gasteiger partial charge in [-0.05, 0) is 18.4 Å². The summed E-state index contributed by atoms with van der Waals surface area (Å²) in [6.45, 7) is 0.761. The SMILES string of the molecule is COc1ccc2sc(=NC(=O)c3ccno3)n(CCSC)c2c1. The summed E-state index contributed by atoms with van der Waals surface area (Å²) < 4.78 is 13.3. The third kappa shape index (κ3) is 3.32. The van der Waals surface area contributed by atoms with Crippen molar-refractivity contribution >= 4 is 39.2 Å². The van der Waals surface area contributed by atoms with Gasteiger partial charge in [0.25, 0.3) is 0 Å². The number of fused-ring (bicyclic) bond motifs is 1. The molecule has 1 amide bonds. The van der Waals surface area contributed by atoms with Gasteiger partial charge in [0.2, 0.25) is 5.76 Å². The lowest BCUT2D eigenvalue weighted by Gasteiger charge is -2.05. The number of benzene rings is 1. The number of methoxy groups -OCH3 is 1. The summed E-state index contributed by atoms with van der Waals surface area (Å²) in [5, 5.41) is 3.54. The van der Waals surface area contributed by atoms with E-state index in [0.717, 1.165) is 28.3 Å².